The topological polar surface area (TPSA) is 51.8 Å². The Morgan fingerprint density at radius 3 is 2.70 bits per heavy atom. The average Bonchev–Trinajstić information content (AvgIpc) is 2.82. The van der Waals surface area contributed by atoms with Gasteiger partial charge in [-0.25, -0.2) is 4.39 Å². The van der Waals surface area contributed by atoms with Crippen molar-refractivity contribution in [1.82, 2.24) is 9.59 Å². The molecule has 1 aromatic carbocycles. The molecule has 0 aliphatic heterocycles. The highest BCUT2D eigenvalue weighted by molar-refractivity contribution is 7.05. The molecule has 0 spiro atoms. The molecule has 1 heterocycles. The van der Waals surface area contributed by atoms with Crippen LogP contribution in [0.15, 0.2) is 18.2 Å². The Balaban J connectivity index is 2.30. The molecule has 6 heteroatoms. The van der Waals surface area contributed by atoms with Crippen LogP contribution < -0.4 is 5.73 Å². The van der Waals surface area contributed by atoms with Crippen molar-refractivity contribution in [3.05, 3.63) is 45.2 Å². The molecule has 3 nitrogen and oxygen atoms in total. The van der Waals surface area contributed by atoms with Crippen molar-refractivity contribution in [3.8, 4) is 0 Å². The highest BCUT2D eigenvalue weighted by Crippen LogP contribution is 2.32. The molecule has 2 aromatic rings. The van der Waals surface area contributed by atoms with Gasteiger partial charge in [0.1, 0.15) is 5.82 Å². The fraction of sp³-hybridized carbons (Fsp3) is 0.429. The highest BCUT2D eigenvalue weighted by Gasteiger charge is 2.26. The first-order valence-corrected chi connectivity index (χ1v) is 7.47. The summed E-state index contributed by atoms with van der Waals surface area (Å²) in [6.45, 7) is 6.15. The molecule has 0 aliphatic rings. The smallest absolute Gasteiger partial charge is 0.127 e. The number of aromatic nitrogens is 2. The second-order valence-electron chi connectivity index (χ2n) is 5.75. The standard InChI is InChI=1S/C14H17ClFN3S/c1-14(2,3)13-12(20-19-18-13)11(17)7-8-9(15)5-4-6-10(8)16/h4-6,11H,7,17H2,1-3H3. The monoisotopic (exact) mass is 313 g/mol. The van der Waals surface area contributed by atoms with Crippen LogP contribution in [0.5, 0.6) is 0 Å². The molecule has 0 aliphatic carbocycles. The van der Waals surface area contributed by atoms with Gasteiger partial charge < -0.3 is 5.73 Å². The predicted molar refractivity (Wildman–Crippen MR) is 80.7 cm³/mol. The first kappa shape index (κ1) is 15.4. The largest absolute Gasteiger partial charge is 0.323 e. The third kappa shape index (κ3) is 3.16. The Bertz CT molecular complexity index is 586. The summed E-state index contributed by atoms with van der Waals surface area (Å²) in [5.41, 5.74) is 7.38. The third-order valence-corrected chi connectivity index (χ3v) is 4.26. The van der Waals surface area contributed by atoms with Crippen molar-refractivity contribution < 1.29 is 4.39 Å². The SMILES string of the molecule is CC(C)(C)c1nnsc1C(N)Cc1c(F)cccc1Cl. The number of benzene rings is 1. The fourth-order valence-electron chi connectivity index (χ4n) is 2.00. The van der Waals surface area contributed by atoms with Crippen molar-refractivity contribution in [3.63, 3.8) is 0 Å². The lowest BCUT2D eigenvalue weighted by Gasteiger charge is -2.19. The first-order valence-electron chi connectivity index (χ1n) is 6.32. The van der Waals surface area contributed by atoms with E-state index in [1.54, 1.807) is 12.1 Å². The van der Waals surface area contributed by atoms with E-state index in [2.05, 4.69) is 30.4 Å². The molecule has 1 atom stereocenters. The van der Waals surface area contributed by atoms with Gasteiger partial charge in [-0.05, 0) is 30.1 Å². The average molecular weight is 314 g/mol. The van der Waals surface area contributed by atoms with E-state index in [9.17, 15) is 4.39 Å². The van der Waals surface area contributed by atoms with E-state index < -0.39 is 0 Å². The van der Waals surface area contributed by atoms with Crippen molar-refractivity contribution in [2.45, 2.75) is 38.6 Å². The maximum absolute atomic E-state index is 13.8. The molecule has 0 amide bonds. The molecule has 108 valence electrons. The minimum atomic E-state index is -0.362. The van der Waals surface area contributed by atoms with Crippen molar-refractivity contribution in [2.24, 2.45) is 5.73 Å². The summed E-state index contributed by atoms with van der Waals surface area (Å²) in [4.78, 5) is 0.886. The second kappa shape index (κ2) is 5.76. The number of nitrogens with zero attached hydrogens (tertiary/aromatic N) is 2. The number of nitrogens with two attached hydrogens (primary N) is 1. The van der Waals surface area contributed by atoms with Gasteiger partial charge in [0.15, 0.2) is 0 Å². The zero-order chi connectivity index (χ0) is 14.9. The Morgan fingerprint density at radius 1 is 1.40 bits per heavy atom. The molecule has 0 bridgehead atoms. The lowest BCUT2D eigenvalue weighted by atomic mass is 9.89. The molecule has 2 rings (SSSR count). The van der Waals surface area contributed by atoms with Crippen molar-refractivity contribution in [2.75, 3.05) is 0 Å². The van der Waals surface area contributed by atoms with Gasteiger partial charge in [0.05, 0.1) is 10.6 Å². The maximum atomic E-state index is 13.8. The maximum Gasteiger partial charge on any atom is 0.127 e. The normalized spacial score (nSPS) is 13.5. The van der Waals surface area contributed by atoms with Gasteiger partial charge in [-0.2, -0.15) is 0 Å². The quantitative estimate of drug-likeness (QED) is 0.935. The van der Waals surface area contributed by atoms with Crippen LogP contribution in [0.1, 0.15) is 42.9 Å². The molecule has 1 aromatic heterocycles. The third-order valence-electron chi connectivity index (χ3n) is 3.05. The van der Waals surface area contributed by atoms with Crippen LogP contribution in [-0.4, -0.2) is 9.59 Å². The molecule has 0 saturated heterocycles. The summed E-state index contributed by atoms with van der Waals surface area (Å²) in [6.07, 6.45) is 0.332. The summed E-state index contributed by atoms with van der Waals surface area (Å²) >= 11 is 7.31. The number of hydrogen-bond acceptors (Lipinski definition) is 4. The van der Waals surface area contributed by atoms with Crippen LogP contribution in [0.4, 0.5) is 4.39 Å². The zero-order valence-electron chi connectivity index (χ0n) is 11.7. The Morgan fingerprint density at radius 2 is 2.10 bits per heavy atom. The minimum Gasteiger partial charge on any atom is -0.323 e. The molecule has 2 N–H and O–H groups in total. The zero-order valence-corrected chi connectivity index (χ0v) is 13.2. The Hall–Kier alpha value is -1.04. The summed E-state index contributed by atoms with van der Waals surface area (Å²) in [7, 11) is 0. The molecule has 0 fully saturated rings. The first-order chi connectivity index (χ1) is 9.30. The molecule has 0 saturated carbocycles. The van der Waals surface area contributed by atoms with E-state index in [0.29, 0.717) is 17.0 Å². The molecule has 20 heavy (non-hydrogen) atoms. The van der Waals surface area contributed by atoms with Crippen LogP contribution in [0, 0.1) is 5.82 Å². The van der Waals surface area contributed by atoms with E-state index in [-0.39, 0.29) is 17.3 Å². The summed E-state index contributed by atoms with van der Waals surface area (Å²) in [5.74, 6) is -0.331. The highest BCUT2D eigenvalue weighted by atomic mass is 35.5. The number of hydrogen-bond donors (Lipinski definition) is 1. The van der Waals surface area contributed by atoms with E-state index in [1.165, 1.54) is 17.6 Å². The van der Waals surface area contributed by atoms with Crippen LogP contribution >= 0.6 is 23.1 Å². The van der Waals surface area contributed by atoms with Gasteiger partial charge in [-0.1, -0.05) is 42.9 Å². The van der Waals surface area contributed by atoms with Crippen LogP contribution in [0.2, 0.25) is 5.02 Å². The fourth-order valence-corrected chi connectivity index (χ4v) is 3.10. The van der Waals surface area contributed by atoms with E-state index in [1.807, 2.05) is 0 Å². The van der Waals surface area contributed by atoms with Crippen molar-refractivity contribution in [1.29, 1.82) is 0 Å². The van der Waals surface area contributed by atoms with Crippen LogP contribution in [0.25, 0.3) is 0 Å². The molecular formula is C14H17ClFN3S. The summed E-state index contributed by atoms with van der Waals surface area (Å²) in [6, 6.07) is 4.28. The Labute approximate surface area is 127 Å². The minimum absolute atomic E-state index is 0.140. The predicted octanol–water partition coefficient (Wildman–Crippen LogP) is 3.87. The van der Waals surface area contributed by atoms with E-state index >= 15 is 0 Å². The van der Waals surface area contributed by atoms with E-state index in [0.717, 1.165) is 10.6 Å². The van der Waals surface area contributed by atoms with Crippen molar-refractivity contribution >= 4 is 23.1 Å². The summed E-state index contributed by atoms with van der Waals surface area (Å²) < 4.78 is 17.8. The van der Waals surface area contributed by atoms with E-state index in [4.69, 9.17) is 17.3 Å². The van der Waals surface area contributed by atoms with Gasteiger partial charge >= 0.3 is 0 Å². The van der Waals surface area contributed by atoms with Crippen LogP contribution in [0.3, 0.4) is 0 Å². The van der Waals surface area contributed by atoms with Crippen LogP contribution in [-0.2, 0) is 11.8 Å². The van der Waals surface area contributed by atoms with Gasteiger partial charge in [-0.3, -0.25) is 0 Å². The molecule has 1 unspecified atom stereocenters. The van der Waals surface area contributed by atoms with Gasteiger partial charge in [0, 0.05) is 22.0 Å². The number of halogens is 2. The lowest BCUT2D eigenvalue weighted by Crippen LogP contribution is -2.20. The Kier molecular flexibility index (Phi) is 4.42. The molecule has 0 radical (unpaired) electrons. The lowest BCUT2D eigenvalue weighted by molar-refractivity contribution is 0.546. The van der Waals surface area contributed by atoms with Gasteiger partial charge in [0.2, 0.25) is 0 Å². The van der Waals surface area contributed by atoms with Gasteiger partial charge in [0.25, 0.3) is 0 Å². The van der Waals surface area contributed by atoms with Gasteiger partial charge in [-0.15, -0.1) is 5.10 Å². The second-order valence-corrected chi connectivity index (χ2v) is 6.94. The molecular weight excluding hydrogens is 297 g/mol. The number of rotatable bonds is 3. The summed E-state index contributed by atoms with van der Waals surface area (Å²) in [5, 5.41) is 4.56.